The monoisotopic (exact) mass is 477 g/mol. The van der Waals surface area contributed by atoms with E-state index in [0.29, 0.717) is 18.5 Å². The molecule has 1 saturated carbocycles. The summed E-state index contributed by atoms with van der Waals surface area (Å²) in [7, 11) is 4.37. The van der Waals surface area contributed by atoms with Gasteiger partial charge in [0.15, 0.2) is 5.96 Å². The molecule has 7 heteroatoms. The second-order valence-corrected chi connectivity index (χ2v) is 7.25. The van der Waals surface area contributed by atoms with Gasteiger partial charge in [0.1, 0.15) is 12.3 Å². The Hall–Kier alpha value is -0.830. The van der Waals surface area contributed by atoms with E-state index in [9.17, 15) is 0 Å². The molecule has 0 bridgehead atoms. The van der Waals surface area contributed by atoms with E-state index in [1.54, 1.807) is 0 Å². The molecule has 1 fully saturated rings. The summed E-state index contributed by atoms with van der Waals surface area (Å²) in [6, 6.07) is 0.537. The molecule has 26 heavy (non-hydrogen) atoms. The Morgan fingerprint density at radius 2 is 1.92 bits per heavy atom. The van der Waals surface area contributed by atoms with E-state index in [2.05, 4.69) is 46.5 Å². The topological polar surface area (TPSA) is 65.7 Å². The number of guanidine groups is 1. The zero-order valence-electron chi connectivity index (χ0n) is 17.0. The molecular formula is C19H36IN5O. The van der Waals surface area contributed by atoms with E-state index in [1.165, 1.54) is 32.1 Å². The molecule has 1 aliphatic carbocycles. The first kappa shape index (κ1) is 23.2. The van der Waals surface area contributed by atoms with E-state index in [1.807, 2.05) is 13.8 Å². The smallest absolute Gasteiger partial charge is 0.216 e. The first-order valence-corrected chi connectivity index (χ1v) is 9.62. The standard InChI is InChI=1S/C19H35N5O.HI/c1-6-20-19(22-13-18-23-14(2)15(3)25-18)21-12-17(24(4)5)16-10-8-7-9-11-16;/h16-17H,6-13H2,1-5H3,(H2,20,21,22);1H. The van der Waals surface area contributed by atoms with Gasteiger partial charge in [-0.05, 0) is 53.6 Å². The Morgan fingerprint density at radius 3 is 2.46 bits per heavy atom. The fourth-order valence-corrected chi connectivity index (χ4v) is 3.59. The van der Waals surface area contributed by atoms with Crippen molar-refractivity contribution in [1.29, 1.82) is 0 Å². The number of oxazole rings is 1. The maximum atomic E-state index is 5.62. The summed E-state index contributed by atoms with van der Waals surface area (Å²) in [4.78, 5) is 11.4. The van der Waals surface area contributed by atoms with Crippen molar-refractivity contribution in [3.63, 3.8) is 0 Å². The van der Waals surface area contributed by atoms with Crippen LogP contribution in [0.2, 0.25) is 0 Å². The third kappa shape index (κ3) is 7.06. The van der Waals surface area contributed by atoms with E-state index < -0.39 is 0 Å². The van der Waals surface area contributed by atoms with Crippen LogP contribution < -0.4 is 10.6 Å². The van der Waals surface area contributed by atoms with Crippen molar-refractivity contribution >= 4 is 29.9 Å². The van der Waals surface area contributed by atoms with Crippen molar-refractivity contribution in [3.8, 4) is 0 Å². The number of aliphatic imine (C=N–C) groups is 1. The average molecular weight is 477 g/mol. The normalized spacial score (nSPS) is 17.1. The van der Waals surface area contributed by atoms with Crippen LogP contribution in [0.4, 0.5) is 0 Å². The van der Waals surface area contributed by atoms with Gasteiger partial charge in [-0.1, -0.05) is 19.3 Å². The summed E-state index contributed by atoms with van der Waals surface area (Å²) in [5.74, 6) is 3.15. The molecule has 1 aliphatic rings. The lowest BCUT2D eigenvalue weighted by Gasteiger charge is -2.35. The number of nitrogens with zero attached hydrogens (tertiary/aromatic N) is 3. The van der Waals surface area contributed by atoms with E-state index in [0.717, 1.165) is 36.4 Å². The maximum absolute atomic E-state index is 5.62. The van der Waals surface area contributed by atoms with Gasteiger partial charge in [0.05, 0.1) is 5.69 Å². The molecule has 1 heterocycles. The molecule has 0 spiro atoms. The van der Waals surface area contributed by atoms with Gasteiger partial charge in [0.2, 0.25) is 5.89 Å². The molecule has 1 unspecified atom stereocenters. The third-order valence-corrected chi connectivity index (χ3v) is 5.13. The van der Waals surface area contributed by atoms with Crippen LogP contribution in [0.25, 0.3) is 0 Å². The van der Waals surface area contributed by atoms with Crippen LogP contribution in [-0.2, 0) is 6.54 Å². The molecule has 0 amide bonds. The zero-order chi connectivity index (χ0) is 18.2. The highest BCUT2D eigenvalue weighted by atomic mass is 127. The predicted octanol–water partition coefficient (Wildman–Crippen LogP) is 3.48. The molecule has 2 rings (SSSR count). The van der Waals surface area contributed by atoms with Crippen LogP contribution >= 0.6 is 24.0 Å². The largest absolute Gasteiger partial charge is 0.444 e. The second-order valence-electron chi connectivity index (χ2n) is 7.25. The molecule has 150 valence electrons. The average Bonchev–Trinajstić information content (AvgIpc) is 2.91. The Labute approximate surface area is 175 Å². The minimum atomic E-state index is 0. The summed E-state index contributed by atoms with van der Waals surface area (Å²) >= 11 is 0. The predicted molar refractivity (Wildman–Crippen MR) is 118 cm³/mol. The molecule has 1 atom stereocenters. The number of nitrogens with one attached hydrogen (secondary N) is 2. The van der Waals surface area contributed by atoms with Gasteiger partial charge in [0.25, 0.3) is 0 Å². The number of hydrogen-bond acceptors (Lipinski definition) is 4. The van der Waals surface area contributed by atoms with Crippen molar-refractivity contribution in [3.05, 3.63) is 17.3 Å². The number of likely N-dealkylation sites (N-methyl/N-ethyl adjacent to an activating group) is 1. The third-order valence-electron chi connectivity index (χ3n) is 5.13. The molecule has 0 aromatic carbocycles. The number of rotatable bonds is 7. The number of hydrogen-bond donors (Lipinski definition) is 2. The Kier molecular flexibility index (Phi) is 10.5. The number of aryl methyl sites for hydroxylation is 2. The minimum absolute atomic E-state index is 0. The number of halogens is 1. The van der Waals surface area contributed by atoms with E-state index in [4.69, 9.17) is 4.42 Å². The molecule has 1 aromatic heterocycles. The van der Waals surface area contributed by atoms with Gasteiger partial charge in [-0.15, -0.1) is 24.0 Å². The number of aromatic nitrogens is 1. The van der Waals surface area contributed by atoms with Crippen LogP contribution in [0.3, 0.4) is 0 Å². The fraction of sp³-hybridized carbons (Fsp3) is 0.789. The van der Waals surface area contributed by atoms with Gasteiger partial charge in [-0.2, -0.15) is 0 Å². The van der Waals surface area contributed by atoms with Gasteiger partial charge in [0, 0.05) is 19.1 Å². The fourth-order valence-electron chi connectivity index (χ4n) is 3.59. The Morgan fingerprint density at radius 1 is 1.23 bits per heavy atom. The van der Waals surface area contributed by atoms with Crippen LogP contribution in [0, 0.1) is 19.8 Å². The van der Waals surface area contributed by atoms with Gasteiger partial charge >= 0.3 is 0 Å². The summed E-state index contributed by atoms with van der Waals surface area (Å²) in [6.45, 7) is 8.19. The molecule has 2 N–H and O–H groups in total. The zero-order valence-corrected chi connectivity index (χ0v) is 19.3. The quantitative estimate of drug-likeness (QED) is 0.358. The molecule has 0 aliphatic heterocycles. The summed E-state index contributed by atoms with van der Waals surface area (Å²) in [5.41, 5.74) is 0.938. The first-order chi connectivity index (χ1) is 12.0. The van der Waals surface area contributed by atoms with Crippen molar-refractivity contribution in [2.45, 2.75) is 65.5 Å². The summed E-state index contributed by atoms with van der Waals surface area (Å²) in [6.07, 6.45) is 6.81. The molecule has 0 saturated heterocycles. The van der Waals surface area contributed by atoms with Crippen LogP contribution in [-0.4, -0.2) is 49.1 Å². The van der Waals surface area contributed by atoms with Gasteiger partial charge in [-0.25, -0.2) is 9.98 Å². The van der Waals surface area contributed by atoms with Crippen molar-refractivity contribution in [1.82, 2.24) is 20.5 Å². The highest BCUT2D eigenvalue weighted by molar-refractivity contribution is 14.0. The lowest BCUT2D eigenvalue weighted by Crippen LogP contribution is -2.48. The van der Waals surface area contributed by atoms with Crippen molar-refractivity contribution in [2.24, 2.45) is 10.9 Å². The van der Waals surface area contributed by atoms with Crippen LogP contribution in [0.1, 0.15) is 56.4 Å². The van der Waals surface area contributed by atoms with Gasteiger partial charge < -0.3 is 20.0 Å². The molecule has 6 nitrogen and oxygen atoms in total. The Balaban J connectivity index is 0.00000338. The summed E-state index contributed by atoms with van der Waals surface area (Å²) < 4.78 is 5.62. The highest BCUT2D eigenvalue weighted by Gasteiger charge is 2.25. The summed E-state index contributed by atoms with van der Waals surface area (Å²) in [5, 5.41) is 6.84. The SMILES string of the molecule is CCNC(=NCc1nc(C)c(C)o1)NCC(C1CCCCC1)N(C)C.I. The van der Waals surface area contributed by atoms with Crippen molar-refractivity contribution < 1.29 is 4.42 Å². The molecule has 1 aromatic rings. The van der Waals surface area contributed by atoms with E-state index >= 15 is 0 Å². The maximum Gasteiger partial charge on any atom is 0.216 e. The lowest BCUT2D eigenvalue weighted by molar-refractivity contribution is 0.171. The molecular weight excluding hydrogens is 441 g/mol. The van der Waals surface area contributed by atoms with Crippen LogP contribution in [0.15, 0.2) is 9.41 Å². The Bertz CT molecular complexity index is 533. The highest BCUT2D eigenvalue weighted by Crippen LogP contribution is 2.28. The van der Waals surface area contributed by atoms with Crippen molar-refractivity contribution in [2.75, 3.05) is 27.2 Å². The van der Waals surface area contributed by atoms with Crippen LogP contribution in [0.5, 0.6) is 0 Å². The minimum Gasteiger partial charge on any atom is -0.444 e. The lowest BCUT2D eigenvalue weighted by atomic mass is 9.83. The van der Waals surface area contributed by atoms with E-state index in [-0.39, 0.29) is 24.0 Å². The second kappa shape index (κ2) is 11.8. The first-order valence-electron chi connectivity index (χ1n) is 9.62. The molecule has 0 radical (unpaired) electrons. The van der Waals surface area contributed by atoms with Gasteiger partial charge in [-0.3, -0.25) is 0 Å².